The maximum atomic E-state index is 12.7. The Morgan fingerprint density at radius 3 is 2.00 bits per heavy atom. The molecule has 0 spiro atoms. The minimum absolute atomic E-state index is 0.0341. The minimum atomic E-state index is -5.57. The minimum Gasteiger partial charge on any atom is -0.386 e. The second kappa shape index (κ2) is 29.8. The van der Waals surface area contributed by atoms with Crippen molar-refractivity contribution in [3.8, 4) is 0 Å². The van der Waals surface area contributed by atoms with E-state index in [-0.39, 0.29) is 41.6 Å². The lowest BCUT2D eigenvalue weighted by Gasteiger charge is -2.30. The molecule has 24 nitrogen and oxygen atoms in total. The maximum Gasteiger partial charge on any atom is 0.481 e. The number of aliphatic hydroxyl groups is 2. The first-order chi connectivity index (χ1) is 32.1. The van der Waals surface area contributed by atoms with E-state index in [1.807, 2.05) is 0 Å². The van der Waals surface area contributed by atoms with Crippen LogP contribution in [-0.2, 0) is 50.7 Å². The normalized spacial score (nSPS) is 20.0. The zero-order valence-corrected chi connectivity index (χ0v) is 42.6. The number of aliphatic hydroxyl groups excluding tert-OH is 2. The number of carbonyl (C=O) groups is 3. The monoisotopic (exact) mass is 1050 g/mol. The fraction of sp³-hybridized carbons (Fsp3) is 0.800. The molecule has 1 aliphatic rings. The van der Waals surface area contributed by atoms with Crippen LogP contribution in [0.1, 0.15) is 143 Å². The summed E-state index contributed by atoms with van der Waals surface area (Å²) in [5, 5.41) is 26.7. The molecule has 0 aliphatic carbocycles. The van der Waals surface area contributed by atoms with Crippen molar-refractivity contribution in [1.29, 1.82) is 0 Å². The maximum absolute atomic E-state index is 12.7. The Morgan fingerprint density at radius 2 is 1.41 bits per heavy atom. The van der Waals surface area contributed by atoms with E-state index in [0.717, 1.165) is 48.2 Å². The quantitative estimate of drug-likeness (QED) is 0.0308. The number of aromatic nitrogens is 4. The molecule has 2 aromatic rings. The number of phosphoric ester groups is 3. The van der Waals surface area contributed by atoms with Gasteiger partial charge in [0.05, 0.1) is 19.5 Å². The van der Waals surface area contributed by atoms with Gasteiger partial charge in [0.25, 0.3) is 0 Å². The first-order valence-corrected chi connectivity index (χ1v) is 28.6. The Labute approximate surface area is 401 Å². The summed E-state index contributed by atoms with van der Waals surface area (Å²) in [4.78, 5) is 88.4. The van der Waals surface area contributed by atoms with Crippen LogP contribution in [0.4, 0.5) is 5.82 Å². The lowest BCUT2D eigenvalue weighted by atomic mass is 9.87. The number of phosphoric acid groups is 3. The molecule has 7 atom stereocenters. The summed E-state index contributed by atoms with van der Waals surface area (Å²) >= 11 is 1.16. The highest BCUT2D eigenvalue weighted by atomic mass is 32.2. The highest BCUT2D eigenvalue weighted by Gasteiger charge is 2.50. The van der Waals surface area contributed by atoms with Crippen molar-refractivity contribution in [2.75, 3.05) is 37.8 Å². The Bertz CT molecular complexity index is 2010. The highest BCUT2D eigenvalue weighted by Crippen LogP contribution is 2.61. The number of unbranched alkanes of at least 4 members (excludes halogenated alkanes) is 15. The van der Waals surface area contributed by atoms with Crippen LogP contribution < -0.4 is 16.4 Å². The predicted molar refractivity (Wildman–Crippen MR) is 251 cm³/mol. The molecule has 0 radical (unpaired) electrons. The number of hydrogen-bond donors (Lipinski definition) is 9. The molecule has 1 saturated heterocycles. The number of nitrogens with one attached hydrogen (secondary N) is 2. The van der Waals surface area contributed by atoms with E-state index < -0.39 is 84.6 Å². The van der Waals surface area contributed by atoms with Gasteiger partial charge in [0.1, 0.15) is 36.3 Å². The van der Waals surface area contributed by atoms with Gasteiger partial charge in [-0.1, -0.05) is 129 Å². The number of nitrogens with zero attached hydrogens (tertiary/aromatic N) is 4. The molecule has 3 unspecified atom stereocenters. The summed E-state index contributed by atoms with van der Waals surface area (Å²) in [6, 6.07) is 0. The molecule has 390 valence electrons. The number of fused-ring (bicyclic) bond motifs is 1. The molecule has 0 bridgehead atoms. The zero-order valence-electron chi connectivity index (χ0n) is 39.1. The van der Waals surface area contributed by atoms with E-state index >= 15 is 0 Å². The second-order valence-electron chi connectivity index (χ2n) is 17.3. The molecule has 3 rings (SSSR count). The van der Waals surface area contributed by atoms with Gasteiger partial charge in [-0.25, -0.2) is 28.6 Å². The third kappa shape index (κ3) is 22.3. The lowest BCUT2D eigenvalue weighted by Crippen LogP contribution is -2.46. The Hall–Kier alpha value is -2.44. The molecule has 2 aromatic heterocycles. The van der Waals surface area contributed by atoms with Gasteiger partial charge in [0.2, 0.25) is 11.8 Å². The second-order valence-corrected chi connectivity index (χ2v) is 22.7. The Balaban J connectivity index is 1.28. The van der Waals surface area contributed by atoms with Crippen LogP contribution in [0.5, 0.6) is 0 Å². The Kier molecular flexibility index (Phi) is 26.2. The van der Waals surface area contributed by atoms with Crippen LogP contribution in [0.3, 0.4) is 0 Å². The first kappa shape index (κ1) is 59.9. The number of rotatable bonds is 36. The van der Waals surface area contributed by atoms with Gasteiger partial charge >= 0.3 is 23.5 Å². The summed E-state index contributed by atoms with van der Waals surface area (Å²) in [5.41, 5.74) is 4.29. The van der Waals surface area contributed by atoms with Crippen molar-refractivity contribution in [2.45, 2.75) is 167 Å². The van der Waals surface area contributed by atoms with Crippen LogP contribution >= 0.6 is 35.2 Å². The van der Waals surface area contributed by atoms with E-state index in [1.54, 1.807) is 0 Å². The number of carbonyl (C=O) groups excluding carboxylic acids is 3. The smallest absolute Gasteiger partial charge is 0.386 e. The third-order valence-corrected chi connectivity index (χ3v) is 15.0. The molecule has 1 aliphatic heterocycles. The van der Waals surface area contributed by atoms with E-state index in [4.69, 9.17) is 19.5 Å². The fourth-order valence-electron chi connectivity index (χ4n) is 7.18. The standard InChI is InChI=1S/C40H72N7O17P3S/c1-4-5-6-7-8-9-10-11-12-13-14-15-16-17-18-19-20-31(49)68-24-23-42-30(48)21-22-43-38(52)35(51)40(2,3)26-61-67(58,59)64-66(56,57)60-25-29-34(63-65(53,54)55)33(50)39(62-29)47-28-46-32-36(41)44-27-45-37(32)47/h27-29,33-35,39,50-51H,4-26H2,1-3H3,(H,42,48)(H,43,52)(H,56,57)(H,58,59)(H2,41,44,45)(H2,53,54,55)/t29-,33+,34?,35+,39-/m1/s1. The van der Waals surface area contributed by atoms with Gasteiger partial charge in [-0.15, -0.1) is 0 Å². The molecule has 28 heteroatoms. The molecule has 1 fully saturated rings. The van der Waals surface area contributed by atoms with E-state index in [0.29, 0.717) is 12.2 Å². The SMILES string of the molecule is CCCCCCCCCCCCCCCCCCC(=O)SCCNC(=O)CCNC(=O)[C@H](O)C(C)(C)COP(=O)(O)OP(=O)(O)OC[C@H]1O[C@@H](n2cnc3c(N)ncnc32)[C@@H](O)C1OP(=O)(O)O. The summed E-state index contributed by atoms with van der Waals surface area (Å²) in [5.74, 6) is -1.02. The van der Waals surface area contributed by atoms with Crippen molar-refractivity contribution in [2.24, 2.45) is 5.41 Å². The molecule has 10 N–H and O–H groups in total. The lowest BCUT2D eigenvalue weighted by molar-refractivity contribution is -0.137. The van der Waals surface area contributed by atoms with Gasteiger partial charge in [0.15, 0.2) is 22.8 Å². The molecule has 3 heterocycles. The number of thioether (sulfide) groups is 1. The van der Waals surface area contributed by atoms with Crippen LogP contribution in [0, 0.1) is 5.41 Å². The van der Waals surface area contributed by atoms with Crippen molar-refractivity contribution in [3.63, 3.8) is 0 Å². The first-order valence-electron chi connectivity index (χ1n) is 23.1. The number of anilines is 1. The largest absolute Gasteiger partial charge is 0.481 e. The topological polar surface area (TPSA) is 364 Å². The van der Waals surface area contributed by atoms with Crippen LogP contribution in [0.15, 0.2) is 12.7 Å². The van der Waals surface area contributed by atoms with E-state index in [9.17, 15) is 57.9 Å². The summed E-state index contributed by atoms with van der Waals surface area (Å²) in [7, 11) is -16.4. The number of hydrogen-bond acceptors (Lipinski definition) is 18. The predicted octanol–water partition coefficient (Wildman–Crippen LogP) is 5.32. The van der Waals surface area contributed by atoms with Crippen LogP contribution in [0.25, 0.3) is 11.2 Å². The van der Waals surface area contributed by atoms with Crippen molar-refractivity contribution in [3.05, 3.63) is 12.7 Å². The van der Waals surface area contributed by atoms with E-state index in [2.05, 4.69) is 41.3 Å². The van der Waals surface area contributed by atoms with Gasteiger partial charge in [-0.2, -0.15) is 4.31 Å². The molecule has 68 heavy (non-hydrogen) atoms. The van der Waals surface area contributed by atoms with E-state index in [1.165, 1.54) is 97.3 Å². The van der Waals surface area contributed by atoms with Crippen molar-refractivity contribution < 1.29 is 80.5 Å². The summed E-state index contributed by atoms with van der Waals surface area (Å²) in [6.07, 6.45) is 13.8. The highest BCUT2D eigenvalue weighted by molar-refractivity contribution is 8.13. The number of nitrogen functional groups attached to an aromatic ring is 1. The number of amides is 2. The molecule has 2 amide bonds. The zero-order chi connectivity index (χ0) is 50.4. The molecule has 0 aromatic carbocycles. The Morgan fingerprint density at radius 1 is 0.838 bits per heavy atom. The van der Waals surface area contributed by atoms with Crippen LogP contribution in [-0.4, -0.2) is 123 Å². The van der Waals surface area contributed by atoms with Gasteiger partial charge < -0.3 is 50.9 Å². The molecular formula is C40H72N7O17P3S. The average Bonchev–Trinajstić information content (AvgIpc) is 3.83. The fourth-order valence-corrected chi connectivity index (χ4v) is 10.7. The van der Waals surface area contributed by atoms with Crippen LogP contribution in [0.2, 0.25) is 0 Å². The summed E-state index contributed by atoms with van der Waals surface area (Å²) in [6.45, 7) is 2.83. The average molecular weight is 1050 g/mol. The summed E-state index contributed by atoms with van der Waals surface area (Å²) < 4.78 is 62.5. The van der Waals surface area contributed by atoms with Crippen molar-refractivity contribution >= 4 is 69.1 Å². The third-order valence-electron chi connectivity index (χ3n) is 11.0. The number of nitrogens with two attached hydrogens (primary N) is 1. The van der Waals surface area contributed by atoms with Gasteiger partial charge in [-0.05, 0) is 6.42 Å². The molecule has 0 saturated carbocycles. The molecular weight excluding hydrogens is 975 g/mol. The van der Waals surface area contributed by atoms with Gasteiger partial charge in [-0.3, -0.25) is 32.5 Å². The van der Waals surface area contributed by atoms with Crippen molar-refractivity contribution in [1.82, 2.24) is 30.2 Å². The van der Waals surface area contributed by atoms with Gasteiger partial charge in [0, 0.05) is 37.1 Å². The number of imidazole rings is 1. The number of ether oxygens (including phenoxy) is 1.